The van der Waals surface area contributed by atoms with Gasteiger partial charge in [0.1, 0.15) is 73.2 Å². The number of ether oxygens (including phenoxy) is 5. The van der Waals surface area contributed by atoms with Gasteiger partial charge in [-0.3, -0.25) is 4.79 Å². The van der Waals surface area contributed by atoms with Crippen molar-refractivity contribution >= 4 is 11.9 Å². The Balaban J connectivity index is 1.84. The maximum Gasteiger partial charge on any atom is 0.364 e. The summed E-state index contributed by atoms with van der Waals surface area (Å²) in [5.74, 6) is -5.46. The van der Waals surface area contributed by atoms with Crippen LogP contribution in [-0.2, 0) is 33.3 Å². The zero-order valence-electron chi connectivity index (χ0n) is 22.7. The van der Waals surface area contributed by atoms with Gasteiger partial charge in [-0.05, 0) is 0 Å². The molecule has 3 fully saturated rings. The Bertz CT molecular complexity index is 942. The van der Waals surface area contributed by atoms with Gasteiger partial charge in [0.25, 0.3) is 5.79 Å². The van der Waals surface area contributed by atoms with E-state index in [2.05, 4.69) is 5.32 Å². The highest BCUT2D eigenvalue weighted by Crippen LogP contribution is 2.35. The van der Waals surface area contributed by atoms with E-state index in [4.69, 9.17) is 28.8 Å². The van der Waals surface area contributed by atoms with Crippen molar-refractivity contribution in [2.24, 2.45) is 0 Å². The second-order valence-electron chi connectivity index (χ2n) is 10.5. The molecule has 20 nitrogen and oxygen atoms in total. The molecule has 0 aliphatic carbocycles. The Kier molecular flexibility index (Phi) is 12.1. The van der Waals surface area contributed by atoms with Gasteiger partial charge in [-0.25, -0.2) is 4.79 Å². The third-order valence-corrected chi connectivity index (χ3v) is 7.46. The summed E-state index contributed by atoms with van der Waals surface area (Å²) in [6, 6.07) is -1.56. The standard InChI is InChI=1S/C23H39NO19/c1-6(27)24-11-18(42-21-17(35)16(34)14(32)9(4-26)41-21)15(33)10(40-20(11)36)5-39-23(22(37)38)2-7(28)12(30)19(43-23)13(31)8(29)3-25/h7-21,25-26,28-36H,2-5H2,1H3,(H,24,27)(H,37,38)/t7-,8+,9+,10+,11+,12+,13+,14-,15-,16-,17+,18+,19+,20-,21-,23+/m0/s1. The number of carboxylic acids is 1. The third-order valence-electron chi connectivity index (χ3n) is 7.46. The molecule has 43 heavy (non-hydrogen) atoms. The number of aliphatic carboxylic acids is 1. The molecule has 0 saturated carbocycles. The first-order chi connectivity index (χ1) is 20.1. The van der Waals surface area contributed by atoms with Crippen molar-refractivity contribution < 1.29 is 94.6 Å². The van der Waals surface area contributed by atoms with Crippen molar-refractivity contribution in [3.05, 3.63) is 0 Å². The van der Waals surface area contributed by atoms with Gasteiger partial charge in [0.2, 0.25) is 5.91 Å². The summed E-state index contributed by atoms with van der Waals surface area (Å²) in [5, 5.41) is 123. The van der Waals surface area contributed by atoms with Crippen LogP contribution < -0.4 is 5.32 Å². The van der Waals surface area contributed by atoms with E-state index in [1.165, 1.54) is 0 Å². The lowest BCUT2D eigenvalue weighted by Crippen LogP contribution is -2.68. The molecule has 0 aromatic rings. The maximum absolute atomic E-state index is 12.2. The Morgan fingerprint density at radius 3 is 2.14 bits per heavy atom. The monoisotopic (exact) mass is 633 g/mol. The van der Waals surface area contributed by atoms with Gasteiger partial charge in [0.15, 0.2) is 12.6 Å². The Morgan fingerprint density at radius 1 is 0.930 bits per heavy atom. The van der Waals surface area contributed by atoms with E-state index in [0.717, 1.165) is 6.92 Å². The fourth-order valence-corrected chi connectivity index (χ4v) is 5.02. The summed E-state index contributed by atoms with van der Waals surface area (Å²) in [4.78, 5) is 24.0. The molecule has 0 spiro atoms. The quantitative estimate of drug-likeness (QED) is 0.100. The van der Waals surface area contributed by atoms with Crippen LogP contribution in [0.4, 0.5) is 0 Å². The van der Waals surface area contributed by atoms with E-state index in [1.54, 1.807) is 0 Å². The molecule has 0 bridgehead atoms. The van der Waals surface area contributed by atoms with Crippen molar-refractivity contribution in [2.75, 3.05) is 19.8 Å². The molecule has 3 rings (SSSR count). The largest absolute Gasteiger partial charge is 0.477 e. The number of aliphatic hydroxyl groups is 11. The first kappa shape index (κ1) is 35.8. The summed E-state index contributed by atoms with van der Waals surface area (Å²) in [6.07, 6.45) is -27.0. The summed E-state index contributed by atoms with van der Waals surface area (Å²) in [7, 11) is 0. The Hall–Kier alpha value is -1.70. The third kappa shape index (κ3) is 7.58. The van der Waals surface area contributed by atoms with Gasteiger partial charge in [-0.2, -0.15) is 0 Å². The molecule has 3 heterocycles. The Morgan fingerprint density at radius 2 is 1.58 bits per heavy atom. The van der Waals surface area contributed by atoms with Crippen LogP contribution in [0.25, 0.3) is 0 Å². The van der Waals surface area contributed by atoms with Crippen LogP contribution in [-0.4, -0.2) is 191 Å². The second-order valence-corrected chi connectivity index (χ2v) is 10.5. The van der Waals surface area contributed by atoms with Crippen molar-refractivity contribution in [3.63, 3.8) is 0 Å². The molecule has 0 radical (unpaired) electrons. The van der Waals surface area contributed by atoms with Crippen LogP contribution in [0.2, 0.25) is 0 Å². The van der Waals surface area contributed by atoms with Gasteiger partial charge >= 0.3 is 5.97 Å². The van der Waals surface area contributed by atoms with E-state index >= 15 is 0 Å². The average molecular weight is 634 g/mol. The smallest absolute Gasteiger partial charge is 0.364 e. The van der Waals surface area contributed by atoms with Crippen LogP contribution >= 0.6 is 0 Å². The van der Waals surface area contributed by atoms with Gasteiger partial charge in [0.05, 0.1) is 25.9 Å². The van der Waals surface area contributed by atoms with Crippen LogP contribution in [0.3, 0.4) is 0 Å². The van der Waals surface area contributed by atoms with E-state index < -0.39 is 136 Å². The minimum absolute atomic E-state index is 0.736. The predicted molar refractivity (Wildman–Crippen MR) is 130 cm³/mol. The number of hydrogen-bond acceptors (Lipinski definition) is 18. The normalized spacial score (nSPS) is 45.3. The lowest BCUT2D eigenvalue weighted by molar-refractivity contribution is -0.355. The number of hydrogen-bond donors (Lipinski definition) is 13. The Labute approximate surface area is 243 Å². The van der Waals surface area contributed by atoms with Crippen LogP contribution in [0, 0.1) is 0 Å². The minimum Gasteiger partial charge on any atom is -0.477 e. The van der Waals surface area contributed by atoms with Gasteiger partial charge < -0.3 is 90.3 Å². The molecule has 0 aromatic heterocycles. The number of carbonyl (C=O) groups is 2. The molecular weight excluding hydrogens is 594 g/mol. The first-order valence-electron chi connectivity index (χ1n) is 13.2. The van der Waals surface area contributed by atoms with Crippen LogP contribution in [0.5, 0.6) is 0 Å². The van der Waals surface area contributed by atoms with Crippen molar-refractivity contribution in [3.8, 4) is 0 Å². The fraction of sp³-hybridized carbons (Fsp3) is 0.913. The summed E-state index contributed by atoms with van der Waals surface area (Å²) in [6.45, 7) is -1.75. The van der Waals surface area contributed by atoms with Crippen molar-refractivity contribution in [1.82, 2.24) is 5.32 Å². The lowest BCUT2D eigenvalue weighted by Gasteiger charge is -2.48. The number of amides is 1. The summed E-state index contributed by atoms with van der Waals surface area (Å²) in [5.41, 5.74) is 0. The van der Waals surface area contributed by atoms with Crippen molar-refractivity contribution in [2.45, 2.75) is 111 Å². The highest BCUT2D eigenvalue weighted by molar-refractivity contribution is 5.76. The first-order valence-corrected chi connectivity index (χ1v) is 13.2. The fourth-order valence-electron chi connectivity index (χ4n) is 5.02. The highest BCUT2D eigenvalue weighted by atomic mass is 16.7. The SMILES string of the molecule is CC(=O)N[C@@H]1[C@@H](O[C@@H]2O[C@H](CO)[C@H](O)[C@H](O)[C@H]2O)[C@@H](O)[C@@H](CO[C@]2(C(=O)O)C[C@H](O)[C@@H](O)[C@H]([C@H](O)[C@H](O)CO)O2)O[C@@H]1O. The molecule has 3 aliphatic heterocycles. The zero-order chi connectivity index (χ0) is 32.4. The molecule has 16 atom stereocenters. The summed E-state index contributed by atoms with van der Waals surface area (Å²) < 4.78 is 26.8. The van der Waals surface area contributed by atoms with Gasteiger partial charge in [-0.1, -0.05) is 0 Å². The van der Waals surface area contributed by atoms with Crippen LogP contribution in [0.15, 0.2) is 0 Å². The van der Waals surface area contributed by atoms with E-state index in [9.17, 15) is 65.8 Å². The topological polar surface area (TPSA) is 335 Å². The van der Waals surface area contributed by atoms with Crippen LogP contribution in [0.1, 0.15) is 13.3 Å². The molecular formula is C23H39NO19. The number of nitrogens with one attached hydrogen (secondary N) is 1. The minimum atomic E-state index is -2.84. The van der Waals surface area contributed by atoms with E-state index in [0.29, 0.717) is 0 Å². The number of carbonyl (C=O) groups excluding carboxylic acids is 1. The average Bonchev–Trinajstić information content (AvgIpc) is 2.96. The second kappa shape index (κ2) is 14.6. The number of carboxylic acid groups (broad SMARTS) is 1. The van der Waals surface area contributed by atoms with Gasteiger partial charge in [-0.15, -0.1) is 0 Å². The molecule has 3 aliphatic rings. The molecule has 250 valence electrons. The lowest BCUT2D eigenvalue weighted by atomic mass is 9.90. The molecule has 0 aromatic carbocycles. The molecule has 20 heteroatoms. The highest BCUT2D eigenvalue weighted by Gasteiger charge is 2.57. The molecule has 13 N–H and O–H groups in total. The van der Waals surface area contributed by atoms with E-state index in [-0.39, 0.29) is 0 Å². The zero-order valence-corrected chi connectivity index (χ0v) is 22.7. The summed E-state index contributed by atoms with van der Waals surface area (Å²) >= 11 is 0. The molecule has 0 unspecified atom stereocenters. The number of aliphatic hydroxyl groups excluding tert-OH is 11. The maximum atomic E-state index is 12.2. The van der Waals surface area contributed by atoms with E-state index in [1.807, 2.05) is 0 Å². The molecule has 1 amide bonds. The number of rotatable bonds is 11. The van der Waals surface area contributed by atoms with Gasteiger partial charge in [0, 0.05) is 13.3 Å². The predicted octanol–water partition coefficient (Wildman–Crippen LogP) is -8.22. The molecule has 3 saturated heterocycles. The van der Waals surface area contributed by atoms with Crippen molar-refractivity contribution in [1.29, 1.82) is 0 Å².